The van der Waals surface area contributed by atoms with Gasteiger partial charge < -0.3 is 5.32 Å². The van der Waals surface area contributed by atoms with E-state index in [1.807, 2.05) is 17.5 Å². The van der Waals surface area contributed by atoms with E-state index in [1.165, 1.54) is 22.1 Å². The van der Waals surface area contributed by atoms with E-state index in [2.05, 4.69) is 40.6 Å². The summed E-state index contributed by atoms with van der Waals surface area (Å²) in [5.41, 5.74) is 1.93. The van der Waals surface area contributed by atoms with Crippen molar-refractivity contribution in [2.45, 2.75) is 32.1 Å². The number of nitrogens with one attached hydrogen (secondary N) is 1. The van der Waals surface area contributed by atoms with Crippen LogP contribution in [0, 0.1) is 17.8 Å². The Morgan fingerprint density at radius 2 is 1.79 bits per heavy atom. The highest BCUT2D eigenvalue weighted by Crippen LogP contribution is 2.40. The van der Waals surface area contributed by atoms with E-state index in [0.29, 0.717) is 23.8 Å². The maximum absolute atomic E-state index is 12.8. The van der Waals surface area contributed by atoms with Gasteiger partial charge in [-0.1, -0.05) is 42.8 Å². The smallest absolute Gasteiger partial charge is 0.229 e. The van der Waals surface area contributed by atoms with Gasteiger partial charge in [-0.25, -0.2) is 4.98 Å². The molecule has 4 nitrogen and oxygen atoms in total. The minimum atomic E-state index is -0.0685. The van der Waals surface area contributed by atoms with Gasteiger partial charge in [0.1, 0.15) is 5.78 Å². The van der Waals surface area contributed by atoms with Crippen LogP contribution in [0.5, 0.6) is 0 Å². The van der Waals surface area contributed by atoms with Crippen molar-refractivity contribution in [2.24, 2.45) is 17.8 Å². The lowest BCUT2D eigenvalue weighted by Crippen LogP contribution is -2.40. The molecule has 0 saturated heterocycles. The molecular formula is C23H22N2O2S. The number of rotatable bonds is 3. The number of ketones is 1. The van der Waals surface area contributed by atoms with Gasteiger partial charge in [-0.05, 0) is 42.5 Å². The molecule has 2 saturated carbocycles. The first kappa shape index (κ1) is 17.6. The number of hydrogen-bond donors (Lipinski definition) is 1. The Hall–Kier alpha value is -2.53. The van der Waals surface area contributed by atoms with Crippen LogP contribution in [-0.2, 0) is 9.59 Å². The highest BCUT2D eigenvalue weighted by atomic mass is 32.1. The minimum Gasteiger partial charge on any atom is -0.302 e. The summed E-state index contributed by atoms with van der Waals surface area (Å²) in [5.74, 6) is 0.522. The number of benzene rings is 2. The highest BCUT2D eigenvalue weighted by Gasteiger charge is 2.41. The summed E-state index contributed by atoms with van der Waals surface area (Å²) >= 11 is 1.45. The lowest BCUT2D eigenvalue weighted by Gasteiger charge is -2.36. The second-order valence-electron chi connectivity index (χ2n) is 7.98. The third-order valence-corrected chi connectivity index (χ3v) is 6.96. The third-order valence-electron chi connectivity index (χ3n) is 6.20. The van der Waals surface area contributed by atoms with Crippen LogP contribution < -0.4 is 5.32 Å². The standard InChI is InChI=1S/C23H22N2O2S/c26-21-17-6-3-7-18(21)12-19(11-17)22(27)25-23-24-20(13-28-23)16-9-8-14-4-1-2-5-15(14)10-16/h1-2,4-5,8-10,13,17-19H,3,6-7,11-12H2,(H,24,25,27). The summed E-state index contributed by atoms with van der Waals surface area (Å²) in [4.78, 5) is 29.6. The molecule has 1 heterocycles. The monoisotopic (exact) mass is 390 g/mol. The number of hydrogen-bond acceptors (Lipinski definition) is 4. The van der Waals surface area contributed by atoms with E-state index >= 15 is 0 Å². The molecule has 5 heteroatoms. The number of nitrogens with zero attached hydrogens (tertiary/aromatic N) is 1. The third kappa shape index (κ3) is 3.24. The van der Waals surface area contributed by atoms with Crippen molar-refractivity contribution in [3.8, 4) is 11.3 Å². The zero-order valence-corrected chi connectivity index (χ0v) is 16.4. The van der Waals surface area contributed by atoms with Crippen LogP contribution in [0.4, 0.5) is 5.13 Å². The van der Waals surface area contributed by atoms with Gasteiger partial charge in [0.15, 0.2) is 5.13 Å². The molecule has 2 aliphatic rings. The molecule has 2 unspecified atom stereocenters. The fourth-order valence-electron chi connectivity index (χ4n) is 4.71. The summed E-state index contributed by atoms with van der Waals surface area (Å²) in [6.45, 7) is 0. The molecule has 2 bridgehead atoms. The van der Waals surface area contributed by atoms with Crippen molar-refractivity contribution >= 4 is 38.9 Å². The molecular weight excluding hydrogens is 368 g/mol. The van der Waals surface area contributed by atoms with Crippen LogP contribution in [0.2, 0.25) is 0 Å². The van der Waals surface area contributed by atoms with Crippen molar-refractivity contribution in [1.82, 2.24) is 4.98 Å². The van der Waals surface area contributed by atoms with Gasteiger partial charge in [-0.15, -0.1) is 11.3 Å². The van der Waals surface area contributed by atoms with Crippen LogP contribution in [0.3, 0.4) is 0 Å². The van der Waals surface area contributed by atoms with Crippen molar-refractivity contribution in [3.05, 3.63) is 47.8 Å². The predicted octanol–water partition coefficient (Wildman–Crippen LogP) is 5.30. The topological polar surface area (TPSA) is 59.1 Å². The second kappa shape index (κ2) is 7.13. The Bertz CT molecular complexity index is 1040. The molecule has 2 aromatic carbocycles. The van der Waals surface area contributed by atoms with Gasteiger partial charge in [-0.3, -0.25) is 9.59 Å². The molecule has 0 radical (unpaired) electrons. The number of fused-ring (bicyclic) bond motifs is 3. The number of thiazole rings is 1. The van der Waals surface area contributed by atoms with Gasteiger partial charge in [0.05, 0.1) is 5.69 Å². The average Bonchev–Trinajstić information content (AvgIpc) is 3.16. The van der Waals surface area contributed by atoms with Crippen molar-refractivity contribution < 1.29 is 9.59 Å². The van der Waals surface area contributed by atoms with E-state index in [-0.39, 0.29) is 23.7 Å². The Morgan fingerprint density at radius 1 is 1.04 bits per heavy atom. The zero-order chi connectivity index (χ0) is 19.1. The van der Waals surface area contributed by atoms with Crippen LogP contribution in [0.1, 0.15) is 32.1 Å². The summed E-state index contributed by atoms with van der Waals surface area (Å²) < 4.78 is 0. The quantitative estimate of drug-likeness (QED) is 0.660. The summed E-state index contributed by atoms with van der Waals surface area (Å²) in [6.07, 6.45) is 4.41. The first-order valence-electron chi connectivity index (χ1n) is 9.96. The van der Waals surface area contributed by atoms with E-state index in [1.54, 1.807) is 0 Å². The van der Waals surface area contributed by atoms with E-state index in [9.17, 15) is 9.59 Å². The second-order valence-corrected chi connectivity index (χ2v) is 8.84. The maximum Gasteiger partial charge on any atom is 0.229 e. The number of amides is 1. The predicted molar refractivity (Wildman–Crippen MR) is 112 cm³/mol. The Kier molecular flexibility index (Phi) is 4.47. The number of anilines is 1. The van der Waals surface area contributed by atoms with E-state index in [4.69, 9.17) is 0 Å². The molecule has 2 aliphatic carbocycles. The molecule has 1 aromatic heterocycles. The molecule has 2 atom stereocenters. The van der Waals surface area contributed by atoms with Crippen LogP contribution in [0.25, 0.3) is 22.0 Å². The molecule has 3 aromatic rings. The fraction of sp³-hybridized carbons (Fsp3) is 0.348. The Morgan fingerprint density at radius 3 is 2.57 bits per heavy atom. The Balaban J connectivity index is 1.31. The lowest BCUT2D eigenvalue weighted by molar-refractivity contribution is -0.136. The lowest BCUT2D eigenvalue weighted by atomic mass is 9.67. The van der Waals surface area contributed by atoms with Gasteiger partial charge in [0.25, 0.3) is 0 Å². The fourth-order valence-corrected chi connectivity index (χ4v) is 5.44. The molecule has 142 valence electrons. The minimum absolute atomic E-state index is 0.0174. The van der Waals surface area contributed by atoms with E-state index in [0.717, 1.165) is 30.5 Å². The number of Topliss-reactive ketones (excluding diaryl/α,β-unsaturated/α-hetero) is 1. The van der Waals surface area contributed by atoms with Gasteiger partial charge in [0, 0.05) is 28.7 Å². The molecule has 1 amide bonds. The van der Waals surface area contributed by atoms with Crippen molar-refractivity contribution in [1.29, 1.82) is 0 Å². The SMILES string of the molecule is O=C(Nc1nc(-c2ccc3ccccc3c2)cs1)C1CC2CCCC(C1)C2=O. The van der Waals surface area contributed by atoms with Crippen LogP contribution in [0.15, 0.2) is 47.8 Å². The number of carbonyl (C=O) groups excluding carboxylic acids is 2. The molecule has 2 fully saturated rings. The van der Waals surface area contributed by atoms with Crippen LogP contribution >= 0.6 is 11.3 Å². The Labute approximate surface area is 168 Å². The first-order valence-corrected chi connectivity index (χ1v) is 10.8. The number of aromatic nitrogens is 1. The van der Waals surface area contributed by atoms with Crippen LogP contribution in [-0.4, -0.2) is 16.7 Å². The van der Waals surface area contributed by atoms with Gasteiger partial charge in [-0.2, -0.15) is 0 Å². The molecule has 5 rings (SSSR count). The summed E-state index contributed by atoms with van der Waals surface area (Å²) in [7, 11) is 0. The summed E-state index contributed by atoms with van der Waals surface area (Å²) in [5, 5.41) is 8.00. The normalized spacial score (nSPS) is 24.3. The summed E-state index contributed by atoms with van der Waals surface area (Å²) in [6, 6.07) is 14.5. The zero-order valence-electron chi connectivity index (χ0n) is 15.6. The largest absolute Gasteiger partial charge is 0.302 e. The molecule has 0 aliphatic heterocycles. The molecule has 0 spiro atoms. The van der Waals surface area contributed by atoms with Crippen molar-refractivity contribution in [3.63, 3.8) is 0 Å². The number of carbonyl (C=O) groups is 2. The first-order chi connectivity index (χ1) is 13.7. The average molecular weight is 391 g/mol. The van der Waals surface area contributed by atoms with E-state index < -0.39 is 0 Å². The van der Waals surface area contributed by atoms with Gasteiger partial charge >= 0.3 is 0 Å². The maximum atomic E-state index is 12.8. The molecule has 28 heavy (non-hydrogen) atoms. The highest BCUT2D eigenvalue weighted by molar-refractivity contribution is 7.14. The van der Waals surface area contributed by atoms with Crippen molar-refractivity contribution in [2.75, 3.05) is 5.32 Å². The molecule has 1 N–H and O–H groups in total. The van der Waals surface area contributed by atoms with Gasteiger partial charge in [0.2, 0.25) is 5.91 Å².